The van der Waals surface area contributed by atoms with Crippen molar-refractivity contribution in [2.45, 2.75) is 64.6 Å². The van der Waals surface area contributed by atoms with E-state index in [-0.39, 0.29) is 11.1 Å². The first-order chi connectivity index (χ1) is 9.74. The molecule has 3 N–H and O–H groups in total. The molecular formula is C16H25N5. The van der Waals surface area contributed by atoms with E-state index >= 15 is 0 Å². The van der Waals surface area contributed by atoms with Crippen LogP contribution in [0.5, 0.6) is 0 Å². The van der Waals surface area contributed by atoms with Gasteiger partial charge in [-0.15, -0.1) is 0 Å². The van der Waals surface area contributed by atoms with Crippen LogP contribution in [0.2, 0.25) is 0 Å². The summed E-state index contributed by atoms with van der Waals surface area (Å²) in [7, 11) is 0. The Morgan fingerprint density at radius 1 is 1.14 bits per heavy atom. The molecule has 1 fully saturated rings. The van der Waals surface area contributed by atoms with Gasteiger partial charge in [-0.2, -0.15) is 0 Å². The summed E-state index contributed by atoms with van der Waals surface area (Å²) in [5, 5.41) is 8.42. The first-order valence-electron chi connectivity index (χ1n) is 7.60. The molecule has 1 aliphatic rings. The van der Waals surface area contributed by atoms with Gasteiger partial charge in [-0.25, -0.2) is 9.97 Å². The molecule has 3 rings (SSSR count). The van der Waals surface area contributed by atoms with E-state index in [1.807, 2.05) is 6.92 Å². The zero-order valence-corrected chi connectivity index (χ0v) is 13.5. The molecule has 114 valence electrons. The lowest BCUT2D eigenvalue weighted by Gasteiger charge is -2.46. The molecular weight excluding hydrogens is 262 g/mol. The molecule has 0 aliphatic carbocycles. The monoisotopic (exact) mass is 287 g/mol. The number of piperidine rings is 1. The van der Waals surface area contributed by atoms with Gasteiger partial charge in [0.25, 0.3) is 0 Å². The zero-order valence-electron chi connectivity index (χ0n) is 13.5. The van der Waals surface area contributed by atoms with Crippen LogP contribution in [0.15, 0.2) is 12.4 Å². The molecule has 2 aromatic heterocycles. The number of aromatic nitrogens is 3. The van der Waals surface area contributed by atoms with Gasteiger partial charge < -0.3 is 15.6 Å². The van der Waals surface area contributed by atoms with Crippen molar-refractivity contribution in [2.24, 2.45) is 0 Å². The van der Waals surface area contributed by atoms with Crippen molar-refractivity contribution in [3.05, 3.63) is 18.1 Å². The summed E-state index contributed by atoms with van der Waals surface area (Å²) in [6.45, 7) is 11.1. The first-order valence-corrected chi connectivity index (χ1v) is 7.60. The van der Waals surface area contributed by atoms with Crippen LogP contribution in [-0.2, 0) is 0 Å². The number of H-pyrrole nitrogens is 1. The number of fused-ring (bicyclic) bond motifs is 1. The van der Waals surface area contributed by atoms with Crippen molar-refractivity contribution in [1.82, 2.24) is 20.3 Å². The fourth-order valence-electron chi connectivity index (χ4n) is 3.80. The second kappa shape index (κ2) is 4.70. The average molecular weight is 287 g/mol. The average Bonchev–Trinajstić information content (AvgIpc) is 2.66. The van der Waals surface area contributed by atoms with Crippen molar-refractivity contribution in [3.63, 3.8) is 0 Å². The van der Waals surface area contributed by atoms with Gasteiger partial charge in [-0.1, -0.05) is 0 Å². The fourth-order valence-corrected chi connectivity index (χ4v) is 3.80. The Labute approximate surface area is 126 Å². The number of rotatable bonds is 2. The molecule has 3 heterocycles. The number of aromatic amines is 1. The predicted octanol–water partition coefficient (Wildman–Crippen LogP) is 2.99. The van der Waals surface area contributed by atoms with Gasteiger partial charge in [-0.05, 0) is 53.5 Å². The molecule has 0 radical (unpaired) electrons. The summed E-state index contributed by atoms with van der Waals surface area (Å²) < 4.78 is 0. The molecule has 0 aromatic carbocycles. The lowest BCUT2D eigenvalue weighted by atomic mass is 9.79. The maximum atomic E-state index is 4.45. The van der Waals surface area contributed by atoms with Crippen LogP contribution in [0.1, 0.15) is 46.2 Å². The van der Waals surface area contributed by atoms with Crippen LogP contribution in [-0.4, -0.2) is 32.1 Å². The van der Waals surface area contributed by atoms with E-state index in [0.29, 0.717) is 6.04 Å². The standard InChI is InChI=1S/C16H25N5/c1-10-6-12-13(19-10)17-9-18-14(12)20-11-7-15(2,3)21-16(4,5)8-11/h6,9,11,21H,7-8H2,1-5H3,(H2,17,18,19,20). The van der Waals surface area contributed by atoms with E-state index < -0.39 is 0 Å². The van der Waals surface area contributed by atoms with Crippen LogP contribution in [0.3, 0.4) is 0 Å². The van der Waals surface area contributed by atoms with Crippen LogP contribution in [0.25, 0.3) is 11.0 Å². The third-order valence-corrected chi connectivity index (χ3v) is 4.09. The second-order valence-corrected chi connectivity index (χ2v) is 7.58. The number of hydrogen-bond acceptors (Lipinski definition) is 4. The summed E-state index contributed by atoms with van der Waals surface area (Å²) in [4.78, 5) is 12.0. The molecule has 5 nitrogen and oxygen atoms in total. The van der Waals surface area contributed by atoms with Crippen LogP contribution in [0, 0.1) is 6.92 Å². The van der Waals surface area contributed by atoms with E-state index in [1.54, 1.807) is 6.33 Å². The number of nitrogens with zero attached hydrogens (tertiary/aromatic N) is 2. The smallest absolute Gasteiger partial charge is 0.143 e. The minimum Gasteiger partial charge on any atom is -0.367 e. The summed E-state index contributed by atoms with van der Waals surface area (Å²) in [6, 6.07) is 2.51. The van der Waals surface area contributed by atoms with Crippen molar-refractivity contribution in [1.29, 1.82) is 0 Å². The van der Waals surface area contributed by atoms with Gasteiger partial charge in [0.1, 0.15) is 17.8 Å². The molecule has 0 unspecified atom stereocenters. The van der Waals surface area contributed by atoms with Crippen LogP contribution >= 0.6 is 0 Å². The molecule has 0 atom stereocenters. The molecule has 21 heavy (non-hydrogen) atoms. The third-order valence-electron chi connectivity index (χ3n) is 4.09. The van der Waals surface area contributed by atoms with Gasteiger partial charge in [0.05, 0.1) is 5.39 Å². The van der Waals surface area contributed by atoms with Gasteiger partial charge in [0, 0.05) is 22.8 Å². The molecule has 0 saturated carbocycles. The highest BCUT2D eigenvalue weighted by molar-refractivity contribution is 5.87. The largest absolute Gasteiger partial charge is 0.367 e. The Kier molecular flexibility index (Phi) is 3.20. The number of aryl methyl sites for hydroxylation is 1. The van der Waals surface area contributed by atoms with E-state index in [2.05, 4.69) is 59.3 Å². The van der Waals surface area contributed by atoms with Gasteiger partial charge >= 0.3 is 0 Å². The second-order valence-electron chi connectivity index (χ2n) is 7.58. The van der Waals surface area contributed by atoms with E-state index in [0.717, 1.165) is 35.4 Å². The van der Waals surface area contributed by atoms with Crippen LogP contribution < -0.4 is 10.6 Å². The zero-order chi connectivity index (χ0) is 15.3. The highest BCUT2D eigenvalue weighted by Crippen LogP contribution is 2.31. The summed E-state index contributed by atoms with van der Waals surface area (Å²) in [5.74, 6) is 0.933. The lowest BCUT2D eigenvalue weighted by Crippen LogP contribution is -2.60. The fraction of sp³-hybridized carbons (Fsp3) is 0.625. The number of anilines is 1. The number of nitrogens with one attached hydrogen (secondary N) is 3. The lowest BCUT2D eigenvalue weighted by molar-refractivity contribution is 0.170. The quantitative estimate of drug-likeness (QED) is 0.794. The minimum absolute atomic E-state index is 0.125. The number of hydrogen-bond donors (Lipinski definition) is 3. The summed E-state index contributed by atoms with van der Waals surface area (Å²) in [6.07, 6.45) is 3.77. The molecule has 0 bridgehead atoms. The van der Waals surface area contributed by atoms with E-state index in [4.69, 9.17) is 0 Å². The maximum Gasteiger partial charge on any atom is 0.143 e. The molecule has 5 heteroatoms. The predicted molar refractivity (Wildman–Crippen MR) is 86.6 cm³/mol. The minimum atomic E-state index is 0.125. The topological polar surface area (TPSA) is 65.6 Å². The highest BCUT2D eigenvalue weighted by atomic mass is 15.1. The Balaban J connectivity index is 1.88. The SMILES string of the molecule is Cc1cc2c(NC3CC(C)(C)NC(C)(C)C3)ncnc2[nH]1. The van der Waals surface area contributed by atoms with Crippen molar-refractivity contribution in [3.8, 4) is 0 Å². The summed E-state index contributed by atoms with van der Waals surface area (Å²) >= 11 is 0. The molecule has 0 spiro atoms. The van der Waals surface area contributed by atoms with Gasteiger partial charge in [0.15, 0.2) is 0 Å². The first kappa shape index (κ1) is 14.3. The van der Waals surface area contributed by atoms with E-state index in [1.165, 1.54) is 0 Å². The Morgan fingerprint density at radius 3 is 2.48 bits per heavy atom. The highest BCUT2D eigenvalue weighted by Gasteiger charge is 2.37. The van der Waals surface area contributed by atoms with Crippen molar-refractivity contribution in [2.75, 3.05) is 5.32 Å². The van der Waals surface area contributed by atoms with Crippen molar-refractivity contribution >= 4 is 16.9 Å². The Hall–Kier alpha value is -1.62. The van der Waals surface area contributed by atoms with Crippen LogP contribution in [0.4, 0.5) is 5.82 Å². The third kappa shape index (κ3) is 3.02. The Morgan fingerprint density at radius 2 is 1.81 bits per heavy atom. The normalized spacial score (nSPS) is 21.6. The van der Waals surface area contributed by atoms with Crippen molar-refractivity contribution < 1.29 is 0 Å². The van der Waals surface area contributed by atoms with Gasteiger partial charge in [-0.3, -0.25) is 0 Å². The molecule has 1 saturated heterocycles. The van der Waals surface area contributed by atoms with E-state index in [9.17, 15) is 0 Å². The molecule has 0 amide bonds. The maximum absolute atomic E-state index is 4.45. The molecule has 1 aliphatic heterocycles. The molecule has 2 aromatic rings. The Bertz CT molecular complexity index is 640. The summed E-state index contributed by atoms with van der Waals surface area (Å²) in [5.41, 5.74) is 2.26. The van der Waals surface area contributed by atoms with Gasteiger partial charge in [0.2, 0.25) is 0 Å².